The van der Waals surface area contributed by atoms with Gasteiger partial charge in [-0.3, -0.25) is 9.47 Å². The van der Waals surface area contributed by atoms with Crippen molar-refractivity contribution in [2.24, 2.45) is 7.05 Å². The molecule has 5 nitrogen and oxygen atoms in total. The van der Waals surface area contributed by atoms with E-state index in [1.54, 1.807) is 13.1 Å². The number of aryl methyl sites for hydroxylation is 1. The fourth-order valence-corrected chi connectivity index (χ4v) is 1.83. The van der Waals surface area contributed by atoms with E-state index in [0.29, 0.717) is 12.1 Å². The Morgan fingerprint density at radius 1 is 1.47 bits per heavy atom. The highest BCUT2D eigenvalue weighted by Crippen LogP contribution is 2.18. The summed E-state index contributed by atoms with van der Waals surface area (Å²) in [7, 11) is 3.59. The molecular formula is C14H17N3O2. The van der Waals surface area contributed by atoms with Crippen molar-refractivity contribution in [3.8, 4) is 6.07 Å². The van der Waals surface area contributed by atoms with E-state index in [4.69, 9.17) is 9.68 Å². The number of fused-ring (bicyclic) bond motifs is 1. The first-order valence-corrected chi connectivity index (χ1v) is 6.06. The van der Waals surface area contributed by atoms with Gasteiger partial charge in [-0.25, -0.2) is 4.79 Å². The third-order valence-electron chi connectivity index (χ3n) is 3.50. The maximum atomic E-state index is 11.4. The molecule has 0 amide bonds. The zero-order valence-corrected chi connectivity index (χ0v) is 11.6. The molecule has 1 heterocycles. The van der Waals surface area contributed by atoms with Crippen LogP contribution in [-0.4, -0.2) is 22.1 Å². The number of hydrogen-bond acceptors (Lipinski definition) is 4. The van der Waals surface area contributed by atoms with Gasteiger partial charge in [-0.2, -0.15) is 5.26 Å². The highest BCUT2D eigenvalue weighted by atomic mass is 16.4. The van der Waals surface area contributed by atoms with E-state index >= 15 is 0 Å². The highest BCUT2D eigenvalue weighted by Gasteiger charge is 2.22. The molecule has 1 aromatic heterocycles. The molecule has 0 aliphatic rings. The summed E-state index contributed by atoms with van der Waals surface area (Å²) in [6, 6.07) is 7.89. The first-order valence-electron chi connectivity index (χ1n) is 6.06. The van der Waals surface area contributed by atoms with Crippen molar-refractivity contribution in [2.45, 2.75) is 25.9 Å². The molecule has 0 saturated heterocycles. The van der Waals surface area contributed by atoms with Crippen LogP contribution in [0.3, 0.4) is 0 Å². The van der Waals surface area contributed by atoms with Crippen LogP contribution >= 0.6 is 0 Å². The first kappa shape index (κ1) is 13.4. The van der Waals surface area contributed by atoms with E-state index in [9.17, 15) is 4.79 Å². The lowest BCUT2D eigenvalue weighted by Crippen LogP contribution is -2.38. The van der Waals surface area contributed by atoms with Crippen LogP contribution in [0.25, 0.3) is 11.1 Å². The molecule has 0 radical (unpaired) electrons. The minimum atomic E-state index is -0.531. The smallest absolute Gasteiger partial charge is 0.408 e. The van der Waals surface area contributed by atoms with Gasteiger partial charge in [0.25, 0.3) is 0 Å². The first-order chi connectivity index (χ1) is 8.85. The summed E-state index contributed by atoms with van der Waals surface area (Å²) in [5.74, 6) is -0.363. The predicted octanol–water partition coefficient (Wildman–Crippen LogP) is 1.87. The molecule has 5 heteroatoms. The predicted molar refractivity (Wildman–Crippen MR) is 72.6 cm³/mol. The van der Waals surface area contributed by atoms with E-state index in [-0.39, 0.29) is 5.76 Å². The van der Waals surface area contributed by atoms with Crippen LogP contribution in [-0.2, 0) is 13.6 Å². The van der Waals surface area contributed by atoms with E-state index in [0.717, 1.165) is 11.1 Å². The number of aromatic nitrogens is 1. The summed E-state index contributed by atoms with van der Waals surface area (Å²) in [4.78, 5) is 13.4. The average Bonchev–Trinajstić information content (AvgIpc) is 2.65. The molecule has 2 rings (SSSR count). The Kier molecular flexibility index (Phi) is 3.21. The van der Waals surface area contributed by atoms with Crippen LogP contribution in [0, 0.1) is 11.3 Å². The molecule has 0 N–H and O–H groups in total. The van der Waals surface area contributed by atoms with Crippen molar-refractivity contribution < 1.29 is 4.42 Å². The molecule has 0 aliphatic heterocycles. The Hall–Kier alpha value is -2.06. The Morgan fingerprint density at radius 2 is 2.16 bits per heavy atom. The van der Waals surface area contributed by atoms with Crippen LogP contribution < -0.4 is 5.76 Å². The number of oxazole rings is 1. The van der Waals surface area contributed by atoms with Crippen molar-refractivity contribution >= 4 is 11.1 Å². The van der Waals surface area contributed by atoms with Gasteiger partial charge in [-0.1, -0.05) is 6.07 Å². The fourth-order valence-electron chi connectivity index (χ4n) is 1.83. The van der Waals surface area contributed by atoms with E-state index in [1.165, 1.54) is 4.57 Å². The fraction of sp³-hybridized carbons (Fsp3) is 0.429. The van der Waals surface area contributed by atoms with Crippen LogP contribution in [0.1, 0.15) is 19.4 Å². The van der Waals surface area contributed by atoms with Crippen molar-refractivity contribution in [1.29, 1.82) is 5.26 Å². The lowest BCUT2D eigenvalue weighted by Gasteiger charge is -2.28. The molecular weight excluding hydrogens is 242 g/mol. The van der Waals surface area contributed by atoms with Crippen molar-refractivity contribution in [3.63, 3.8) is 0 Å². The molecule has 0 atom stereocenters. The van der Waals surface area contributed by atoms with Gasteiger partial charge in [0.15, 0.2) is 5.58 Å². The molecule has 100 valence electrons. The number of hydrogen-bond donors (Lipinski definition) is 0. The number of benzene rings is 1. The molecule has 0 fully saturated rings. The van der Waals surface area contributed by atoms with Gasteiger partial charge in [-0.05, 0) is 38.6 Å². The maximum Gasteiger partial charge on any atom is 0.419 e. The molecule has 0 aliphatic carbocycles. The van der Waals surface area contributed by atoms with Crippen LogP contribution in [0.2, 0.25) is 0 Å². The third kappa shape index (κ3) is 2.40. The van der Waals surface area contributed by atoms with Crippen LogP contribution in [0.4, 0.5) is 0 Å². The molecule has 0 unspecified atom stereocenters. The second kappa shape index (κ2) is 4.56. The Bertz CT molecular complexity index is 704. The van der Waals surface area contributed by atoms with Crippen molar-refractivity contribution in [3.05, 3.63) is 34.3 Å². The van der Waals surface area contributed by atoms with Gasteiger partial charge in [0.1, 0.15) is 5.54 Å². The second-order valence-electron chi connectivity index (χ2n) is 5.26. The summed E-state index contributed by atoms with van der Waals surface area (Å²) in [5, 5.41) is 9.11. The standard InChI is InChI=1S/C14H17N3O2/c1-14(2,9-15)16(3)8-10-5-6-12-11(7-10)17(4)13(18)19-12/h5-7H,8H2,1-4H3. The van der Waals surface area contributed by atoms with Crippen LogP contribution in [0.15, 0.2) is 27.4 Å². The van der Waals surface area contributed by atoms with Crippen LogP contribution in [0.5, 0.6) is 0 Å². The minimum absolute atomic E-state index is 0.363. The minimum Gasteiger partial charge on any atom is -0.408 e. The number of nitriles is 1. The monoisotopic (exact) mass is 259 g/mol. The Balaban J connectivity index is 2.35. The van der Waals surface area contributed by atoms with Crippen molar-refractivity contribution in [2.75, 3.05) is 7.05 Å². The van der Waals surface area contributed by atoms with Gasteiger partial charge in [-0.15, -0.1) is 0 Å². The van der Waals surface area contributed by atoms with Gasteiger partial charge >= 0.3 is 5.76 Å². The summed E-state index contributed by atoms with van der Waals surface area (Å²) < 4.78 is 6.57. The third-order valence-corrected chi connectivity index (χ3v) is 3.50. The largest absolute Gasteiger partial charge is 0.419 e. The highest BCUT2D eigenvalue weighted by molar-refractivity contribution is 5.73. The second-order valence-corrected chi connectivity index (χ2v) is 5.26. The summed E-state index contributed by atoms with van der Waals surface area (Å²) in [6.07, 6.45) is 0. The zero-order chi connectivity index (χ0) is 14.2. The van der Waals surface area contributed by atoms with Gasteiger partial charge in [0, 0.05) is 13.6 Å². The molecule has 2 aromatic rings. The summed E-state index contributed by atoms with van der Waals surface area (Å²) >= 11 is 0. The average molecular weight is 259 g/mol. The SMILES string of the molecule is CN(Cc1ccc2oc(=O)n(C)c2c1)C(C)(C)C#N. The number of nitrogens with zero attached hydrogens (tertiary/aromatic N) is 3. The zero-order valence-electron chi connectivity index (χ0n) is 11.6. The number of rotatable bonds is 3. The van der Waals surface area contributed by atoms with Gasteiger partial charge in [0.05, 0.1) is 11.6 Å². The topological polar surface area (TPSA) is 62.2 Å². The molecule has 0 spiro atoms. The maximum absolute atomic E-state index is 11.4. The summed E-state index contributed by atoms with van der Waals surface area (Å²) in [5.41, 5.74) is 1.86. The lowest BCUT2D eigenvalue weighted by molar-refractivity contribution is 0.203. The Labute approximate surface area is 111 Å². The van der Waals surface area contributed by atoms with Crippen molar-refractivity contribution in [1.82, 2.24) is 9.47 Å². The normalized spacial score (nSPS) is 12.0. The van der Waals surface area contributed by atoms with E-state index in [1.807, 2.05) is 37.9 Å². The van der Waals surface area contributed by atoms with Gasteiger partial charge in [0.2, 0.25) is 0 Å². The Morgan fingerprint density at radius 3 is 2.79 bits per heavy atom. The molecule has 19 heavy (non-hydrogen) atoms. The lowest BCUT2D eigenvalue weighted by atomic mass is 10.0. The van der Waals surface area contributed by atoms with E-state index < -0.39 is 5.54 Å². The van der Waals surface area contributed by atoms with Gasteiger partial charge < -0.3 is 4.42 Å². The summed E-state index contributed by atoms with van der Waals surface area (Å²) in [6.45, 7) is 4.38. The quantitative estimate of drug-likeness (QED) is 0.844. The molecule has 0 saturated carbocycles. The van der Waals surface area contributed by atoms with E-state index in [2.05, 4.69) is 6.07 Å². The molecule has 0 bridgehead atoms. The molecule has 1 aromatic carbocycles.